The Morgan fingerprint density at radius 1 is 1.46 bits per heavy atom. The van der Waals surface area contributed by atoms with Crippen molar-refractivity contribution in [2.75, 3.05) is 20.1 Å². The number of nitro benzene ring substituents is 1. The maximum absolute atomic E-state index is 12.7. The van der Waals surface area contributed by atoms with Crippen LogP contribution in [0.25, 0.3) is 5.69 Å². The van der Waals surface area contributed by atoms with E-state index in [1.54, 1.807) is 34.0 Å². The molecule has 0 bridgehead atoms. The lowest BCUT2D eigenvalue weighted by Gasteiger charge is -2.32. The van der Waals surface area contributed by atoms with E-state index in [1.165, 1.54) is 12.4 Å². The number of rotatable bonds is 4. The quantitative estimate of drug-likeness (QED) is 0.679. The highest BCUT2D eigenvalue weighted by molar-refractivity contribution is 5.95. The number of benzene rings is 1. The Bertz CT molecular complexity index is 744. The number of hydrogen-bond donors (Lipinski definition) is 1. The van der Waals surface area contributed by atoms with Gasteiger partial charge in [-0.05, 0) is 32.0 Å². The summed E-state index contributed by atoms with van der Waals surface area (Å²) in [5, 5.41) is 14.6. The topological polar surface area (TPSA) is 93.3 Å². The summed E-state index contributed by atoms with van der Waals surface area (Å²) in [6.45, 7) is 1.29. The SMILES string of the molecule is CNC1CCCN(C(=O)c2ccc(-n3ccnc3)c([N+](=O)[O-])c2)C1. The maximum Gasteiger partial charge on any atom is 0.294 e. The first-order valence-electron chi connectivity index (χ1n) is 7.83. The summed E-state index contributed by atoms with van der Waals surface area (Å²) >= 11 is 0. The molecule has 1 unspecified atom stereocenters. The van der Waals surface area contributed by atoms with E-state index in [2.05, 4.69) is 10.3 Å². The Hall–Kier alpha value is -2.74. The lowest BCUT2D eigenvalue weighted by atomic mass is 10.0. The third kappa shape index (κ3) is 3.13. The number of piperidine rings is 1. The second kappa shape index (κ2) is 6.79. The van der Waals surface area contributed by atoms with Crippen LogP contribution in [-0.2, 0) is 0 Å². The Balaban J connectivity index is 1.90. The van der Waals surface area contributed by atoms with Crippen LogP contribution in [0.3, 0.4) is 0 Å². The molecule has 0 radical (unpaired) electrons. The minimum atomic E-state index is -0.473. The number of aromatic nitrogens is 2. The van der Waals surface area contributed by atoms with Gasteiger partial charge < -0.3 is 14.8 Å². The van der Waals surface area contributed by atoms with Gasteiger partial charge in [-0.2, -0.15) is 0 Å². The van der Waals surface area contributed by atoms with Crippen LogP contribution >= 0.6 is 0 Å². The zero-order chi connectivity index (χ0) is 17.1. The number of carbonyl (C=O) groups is 1. The number of hydrogen-bond acceptors (Lipinski definition) is 5. The number of nitrogens with zero attached hydrogens (tertiary/aromatic N) is 4. The van der Waals surface area contributed by atoms with Crippen LogP contribution in [0.15, 0.2) is 36.9 Å². The molecule has 1 aliphatic rings. The minimum absolute atomic E-state index is 0.110. The number of imidazole rings is 1. The van der Waals surface area contributed by atoms with Gasteiger partial charge in [0.25, 0.3) is 11.6 Å². The van der Waals surface area contributed by atoms with E-state index in [0.29, 0.717) is 24.3 Å². The average Bonchev–Trinajstić information content (AvgIpc) is 3.15. The monoisotopic (exact) mass is 329 g/mol. The van der Waals surface area contributed by atoms with Crippen molar-refractivity contribution in [2.24, 2.45) is 0 Å². The number of amides is 1. The van der Waals surface area contributed by atoms with E-state index in [-0.39, 0.29) is 17.6 Å². The summed E-state index contributed by atoms with van der Waals surface area (Å²) in [6, 6.07) is 4.84. The maximum atomic E-state index is 12.7. The zero-order valence-corrected chi connectivity index (χ0v) is 13.4. The van der Waals surface area contributed by atoms with Crippen molar-refractivity contribution in [3.8, 4) is 5.69 Å². The fraction of sp³-hybridized carbons (Fsp3) is 0.375. The van der Waals surface area contributed by atoms with E-state index in [4.69, 9.17) is 0 Å². The molecule has 2 heterocycles. The van der Waals surface area contributed by atoms with Crippen molar-refractivity contribution in [3.63, 3.8) is 0 Å². The predicted octanol–water partition coefficient (Wildman–Crippen LogP) is 1.60. The summed E-state index contributed by atoms with van der Waals surface area (Å²) in [7, 11) is 1.88. The summed E-state index contributed by atoms with van der Waals surface area (Å²) in [6.07, 6.45) is 6.62. The van der Waals surface area contributed by atoms with Gasteiger partial charge in [0.1, 0.15) is 5.69 Å². The molecule has 1 aliphatic heterocycles. The smallest absolute Gasteiger partial charge is 0.294 e. The van der Waals surface area contributed by atoms with Crippen LogP contribution in [0, 0.1) is 10.1 Å². The van der Waals surface area contributed by atoms with Crippen LogP contribution in [-0.4, -0.2) is 51.5 Å². The van der Waals surface area contributed by atoms with Crippen molar-refractivity contribution >= 4 is 11.6 Å². The molecular formula is C16H19N5O3. The first-order chi connectivity index (χ1) is 11.6. The van der Waals surface area contributed by atoms with Gasteiger partial charge in [0.2, 0.25) is 0 Å². The predicted molar refractivity (Wildman–Crippen MR) is 88.2 cm³/mol. The van der Waals surface area contributed by atoms with Crippen LogP contribution in [0.4, 0.5) is 5.69 Å². The van der Waals surface area contributed by atoms with Crippen LogP contribution in [0.1, 0.15) is 23.2 Å². The molecule has 8 heteroatoms. The molecule has 8 nitrogen and oxygen atoms in total. The van der Waals surface area contributed by atoms with Gasteiger partial charge in [-0.15, -0.1) is 0 Å². The molecule has 1 aromatic carbocycles. The van der Waals surface area contributed by atoms with E-state index in [1.807, 2.05) is 7.05 Å². The molecule has 24 heavy (non-hydrogen) atoms. The fourth-order valence-corrected chi connectivity index (χ4v) is 3.00. The fourth-order valence-electron chi connectivity index (χ4n) is 3.00. The van der Waals surface area contributed by atoms with Crippen molar-refractivity contribution in [3.05, 3.63) is 52.6 Å². The molecule has 0 aliphatic carbocycles. The highest BCUT2D eigenvalue weighted by Crippen LogP contribution is 2.25. The molecule has 2 aromatic rings. The number of likely N-dealkylation sites (tertiary alicyclic amines) is 1. The Labute approximate surface area is 139 Å². The average molecular weight is 329 g/mol. The largest absolute Gasteiger partial charge is 0.337 e. The van der Waals surface area contributed by atoms with Crippen molar-refractivity contribution in [2.45, 2.75) is 18.9 Å². The highest BCUT2D eigenvalue weighted by Gasteiger charge is 2.25. The molecule has 1 aromatic heterocycles. The molecule has 3 rings (SSSR count). The summed E-state index contributed by atoms with van der Waals surface area (Å²) in [5.41, 5.74) is 0.615. The third-order valence-corrected chi connectivity index (χ3v) is 4.32. The van der Waals surface area contributed by atoms with E-state index in [0.717, 1.165) is 12.8 Å². The van der Waals surface area contributed by atoms with Gasteiger partial charge in [-0.1, -0.05) is 0 Å². The molecule has 1 saturated heterocycles. The van der Waals surface area contributed by atoms with E-state index in [9.17, 15) is 14.9 Å². The molecule has 0 spiro atoms. The molecule has 1 atom stereocenters. The van der Waals surface area contributed by atoms with Crippen molar-refractivity contribution in [1.82, 2.24) is 19.8 Å². The molecule has 0 saturated carbocycles. The number of likely N-dealkylation sites (N-methyl/N-ethyl adjacent to an activating group) is 1. The van der Waals surface area contributed by atoms with Crippen LogP contribution in [0.2, 0.25) is 0 Å². The second-order valence-corrected chi connectivity index (χ2v) is 5.81. The van der Waals surface area contributed by atoms with E-state index < -0.39 is 4.92 Å². The summed E-state index contributed by atoms with van der Waals surface area (Å²) in [5.74, 6) is -0.171. The minimum Gasteiger partial charge on any atom is -0.337 e. The molecule has 1 amide bonds. The number of nitrogens with one attached hydrogen (secondary N) is 1. The Morgan fingerprint density at radius 2 is 2.29 bits per heavy atom. The van der Waals surface area contributed by atoms with Gasteiger partial charge in [0.05, 0.1) is 11.3 Å². The first kappa shape index (κ1) is 16.1. The first-order valence-corrected chi connectivity index (χ1v) is 7.83. The van der Waals surface area contributed by atoms with Gasteiger partial charge in [-0.25, -0.2) is 4.98 Å². The lowest BCUT2D eigenvalue weighted by molar-refractivity contribution is -0.384. The lowest BCUT2D eigenvalue weighted by Crippen LogP contribution is -2.46. The van der Waals surface area contributed by atoms with Crippen molar-refractivity contribution < 1.29 is 9.72 Å². The van der Waals surface area contributed by atoms with Crippen LogP contribution < -0.4 is 5.32 Å². The molecular weight excluding hydrogens is 310 g/mol. The second-order valence-electron chi connectivity index (χ2n) is 5.81. The van der Waals surface area contributed by atoms with Crippen molar-refractivity contribution in [1.29, 1.82) is 0 Å². The highest BCUT2D eigenvalue weighted by atomic mass is 16.6. The Morgan fingerprint density at radius 3 is 2.96 bits per heavy atom. The van der Waals surface area contributed by atoms with Gasteiger partial charge in [0, 0.05) is 43.2 Å². The molecule has 126 valence electrons. The summed E-state index contributed by atoms with van der Waals surface area (Å²) in [4.78, 5) is 29.3. The third-order valence-electron chi connectivity index (χ3n) is 4.32. The molecule has 1 fully saturated rings. The summed E-state index contributed by atoms with van der Waals surface area (Å²) < 4.78 is 1.56. The standard InChI is InChI=1S/C16H19N5O3/c1-17-13-3-2-7-19(10-13)16(22)12-4-5-14(15(9-12)21(23)24)20-8-6-18-11-20/h4-6,8-9,11,13,17H,2-3,7,10H2,1H3. The number of carbonyl (C=O) groups excluding carboxylic acids is 1. The Kier molecular flexibility index (Phi) is 4.57. The van der Waals surface area contributed by atoms with Gasteiger partial charge in [0.15, 0.2) is 0 Å². The van der Waals surface area contributed by atoms with Gasteiger partial charge >= 0.3 is 0 Å². The normalized spacial score (nSPS) is 17.7. The van der Waals surface area contributed by atoms with Gasteiger partial charge in [-0.3, -0.25) is 14.9 Å². The van der Waals surface area contributed by atoms with E-state index >= 15 is 0 Å². The van der Waals surface area contributed by atoms with Crippen LogP contribution in [0.5, 0.6) is 0 Å². The molecule has 1 N–H and O–H groups in total. The number of nitro groups is 1. The zero-order valence-electron chi connectivity index (χ0n) is 13.4.